The van der Waals surface area contributed by atoms with Crippen LogP contribution in [0.15, 0.2) is 65.8 Å². The summed E-state index contributed by atoms with van der Waals surface area (Å²) >= 11 is 0. The van der Waals surface area contributed by atoms with Gasteiger partial charge in [-0.3, -0.25) is 14.6 Å². The third kappa shape index (κ3) is 3.96. The molecule has 6 nitrogen and oxygen atoms in total. The van der Waals surface area contributed by atoms with Gasteiger partial charge in [0, 0.05) is 43.1 Å². The van der Waals surface area contributed by atoms with Crippen LogP contribution in [0.4, 0.5) is 11.4 Å². The molecule has 0 saturated carbocycles. The molecule has 1 aliphatic rings. The number of nitrogens with zero attached hydrogens (tertiary/aromatic N) is 2. The summed E-state index contributed by atoms with van der Waals surface area (Å²) in [6.45, 7) is 2.14. The summed E-state index contributed by atoms with van der Waals surface area (Å²) in [5.74, 6) is -0.428. The van der Waals surface area contributed by atoms with E-state index in [4.69, 9.17) is 0 Å². The number of anilines is 2. The van der Waals surface area contributed by atoms with Crippen LogP contribution in [0.2, 0.25) is 0 Å². The molecule has 28 heavy (non-hydrogen) atoms. The van der Waals surface area contributed by atoms with Gasteiger partial charge in [-0.1, -0.05) is 0 Å². The minimum Gasteiger partial charge on any atom is -0.372 e. The quantitative estimate of drug-likeness (QED) is 0.730. The van der Waals surface area contributed by atoms with Crippen molar-refractivity contribution in [3.63, 3.8) is 0 Å². The number of rotatable bonds is 4. The molecule has 142 valence electrons. The fraction of sp³-hybridized carbons (Fsp3) is 0.227. The Morgan fingerprint density at radius 2 is 1.68 bits per heavy atom. The molecular weight excluding hydrogens is 352 g/mol. The molecule has 2 N–H and O–H groups in total. The van der Waals surface area contributed by atoms with Gasteiger partial charge in [0.2, 0.25) is 0 Å². The van der Waals surface area contributed by atoms with Gasteiger partial charge in [0.25, 0.3) is 11.5 Å². The minimum absolute atomic E-state index is 0.0782. The molecule has 0 spiro atoms. The summed E-state index contributed by atoms with van der Waals surface area (Å²) in [5, 5.41) is 2.82. The molecule has 1 fully saturated rings. The van der Waals surface area contributed by atoms with Gasteiger partial charge >= 0.3 is 0 Å². The van der Waals surface area contributed by atoms with E-state index < -0.39 is 11.5 Å². The molecule has 3 heterocycles. The first kappa shape index (κ1) is 18.0. The molecule has 6 heteroatoms. The SMILES string of the molecule is O=C(Nc1ccc(N2CCCCC2)cc1)c1cc(-c2ccncc2)c[nH]c1=O. The summed E-state index contributed by atoms with van der Waals surface area (Å²) in [6, 6.07) is 13.0. The van der Waals surface area contributed by atoms with Crippen LogP contribution in [-0.2, 0) is 0 Å². The lowest BCUT2D eigenvalue weighted by Gasteiger charge is -2.28. The zero-order chi connectivity index (χ0) is 19.3. The minimum atomic E-state index is -0.428. The third-order valence-electron chi connectivity index (χ3n) is 5.01. The molecule has 1 amide bonds. The molecule has 1 aromatic carbocycles. The van der Waals surface area contributed by atoms with Crippen molar-refractivity contribution in [2.75, 3.05) is 23.3 Å². The van der Waals surface area contributed by atoms with Crippen molar-refractivity contribution in [2.45, 2.75) is 19.3 Å². The highest BCUT2D eigenvalue weighted by atomic mass is 16.2. The van der Waals surface area contributed by atoms with Crippen molar-refractivity contribution in [1.29, 1.82) is 0 Å². The van der Waals surface area contributed by atoms with E-state index in [9.17, 15) is 9.59 Å². The largest absolute Gasteiger partial charge is 0.372 e. The summed E-state index contributed by atoms with van der Waals surface area (Å²) < 4.78 is 0. The van der Waals surface area contributed by atoms with Crippen LogP contribution in [-0.4, -0.2) is 29.0 Å². The van der Waals surface area contributed by atoms with Crippen LogP contribution in [0.5, 0.6) is 0 Å². The number of amides is 1. The van der Waals surface area contributed by atoms with E-state index in [1.54, 1.807) is 24.7 Å². The maximum atomic E-state index is 12.7. The van der Waals surface area contributed by atoms with E-state index in [0.29, 0.717) is 5.69 Å². The molecule has 0 unspecified atom stereocenters. The van der Waals surface area contributed by atoms with Crippen molar-refractivity contribution < 1.29 is 4.79 Å². The van der Waals surface area contributed by atoms with Crippen LogP contribution in [0.1, 0.15) is 29.6 Å². The number of hydrogen-bond acceptors (Lipinski definition) is 4. The lowest BCUT2D eigenvalue weighted by molar-refractivity contribution is 0.102. The molecule has 1 saturated heterocycles. The number of aromatic amines is 1. The van der Waals surface area contributed by atoms with Crippen LogP contribution < -0.4 is 15.8 Å². The molecular formula is C22H22N4O2. The maximum absolute atomic E-state index is 12.7. The van der Waals surface area contributed by atoms with Crippen molar-refractivity contribution >= 4 is 17.3 Å². The lowest BCUT2D eigenvalue weighted by atomic mass is 10.1. The van der Waals surface area contributed by atoms with Crippen molar-refractivity contribution in [3.05, 3.63) is 77.0 Å². The Morgan fingerprint density at radius 3 is 2.39 bits per heavy atom. The van der Waals surface area contributed by atoms with Gasteiger partial charge in [-0.25, -0.2) is 0 Å². The molecule has 1 aliphatic heterocycles. The van der Waals surface area contributed by atoms with Gasteiger partial charge in [-0.05, 0) is 72.9 Å². The number of carbonyl (C=O) groups excluding carboxylic acids is 1. The predicted octanol–water partition coefficient (Wildman–Crippen LogP) is 3.68. The molecule has 0 aliphatic carbocycles. The summed E-state index contributed by atoms with van der Waals surface area (Å²) in [6.07, 6.45) is 8.66. The zero-order valence-electron chi connectivity index (χ0n) is 15.5. The molecule has 0 atom stereocenters. The van der Waals surface area contributed by atoms with Crippen LogP contribution in [0.25, 0.3) is 11.1 Å². The average Bonchev–Trinajstić information content (AvgIpc) is 2.76. The number of H-pyrrole nitrogens is 1. The summed E-state index contributed by atoms with van der Waals surface area (Å²) in [5.41, 5.74) is 3.13. The number of aromatic nitrogens is 2. The molecule has 0 bridgehead atoms. The van der Waals surface area contributed by atoms with E-state index in [-0.39, 0.29) is 5.56 Å². The van der Waals surface area contributed by atoms with Crippen molar-refractivity contribution in [3.8, 4) is 11.1 Å². The van der Waals surface area contributed by atoms with Crippen LogP contribution in [0.3, 0.4) is 0 Å². The van der Waals surface area contributed by atoms with E-state index >= 15 is 0 Å². The Hall–Kier alpha value is -3.41. The lowest BCUT2D eigenvalue weighted by Crippen LogP contribution is -2.29. The smallest absolute Gasteiger partial charge is 0.261 e. The average molecular weight is 374 g/mol. The van der Waals surface area contributed by atoms with Gasteiger partial charge in [0.05, 0.1) is 0 Å². The normalized spacial score (nSPS) is 13.9. The van der Waals surface area contributed by atoms with E-state index in [2.05, 4.69) is 20.2 Å². The monoisotopic (exact) mass is 374 g/mol. The first-order valence-electron chi connectivity index (χ1n) is 9.50. The number of nitrogens with one attached hydrogen (secondary N) is 2. The number of benzene rings is 1. The van der Waals surface area contributed by atoms with Crippen LogP contribution >= 0.6 is 0 Å². The summed E-state index contributed by atoms with van der Waals surface area (Å²) in [4.78, 5) is 33.8. The second kappa shape index (κ2) is 8.08. The Bertz CT molecular complexity index is 1010. The fourth-order valence-electron chi connectivity index (χ4n) is 3.47. The second-order valence-electron chi connectivity index (χ2n) is 6.92. The van der Waals surface area contributed by atoms with Crippen LogP contribution in [0, 0.1) is 0 Å². The highest BCUT2D eigenvalue weighted by molar-refractivity contribution is 6.04. The highest BCUT2D eigenvalue weighted by Gasteiger charge is 2.14. The summed E-state index contributed by atoms with van der Waals surface area (Å²) in [7, 11) is 0. The van der Waals surface area contributed by atoms with Gasteiger partial charge in [0.15, 0.2) is 0 Å². The fourth-order valence-corrected chi connectivity index (χ4v) is 3.47. The van der Waals surface area contributed by atoms with Gasteiger partial charge in [-0.2, -0.15) is 0 Å². The Kier molecular flexibility index (Phi) is 5.19. The van der Waals surface area contributed by atoms with Gasteiger partial charge in [0.1, 0.15) is 5.56 Å². The Balaban J connectivity index is 1.51. The van der Waals surface area contributed by atoms with E-state index in [0.717, 1.165) is 29.9 Å². The van der Waals surface area contributed by atoms with E-state index in [1.807, 2.05) is 36.4 Å². The Morgan fingerprint density at radius 1 is 0.964 bits per heavy atom. The topological polar surface area (TPSA) is 78.1 Å². The molecule has 0 radical (unpaired) electrons. The zero-order valence-corrected chi connectivity index (χ0v) is 15.5. The third-order valence-corrected chi connectivity index (χ3v) is 5.01. The standard InChI is InChI=1S/C22H22N4O2/c27-21-20(14-17(15-24-21)16-8-10-23-11-9-16)22(28)25-18-4-6-19(7-5-18)26-12-2-1-3-13-26/h4-11,14-15H,1-3,12-13H2,(H,24,27)(H,25,28). The number of piperidine rings is 1. The second-order valence-corrected chi connectivity index (χ2v) is 6.92. The number of pyridine rings is 2. The highest BCUT2D eigenvalue weighted by Crippen LogP contribution is 2.22. The van der Waals surface area contributed by atoms with Crippen molar-refractivity contribution in [2.24, 2.45) is 0 Å². The number of hydrogen-bond donors (Lipinski definition) is 2. The first-order chi connectivity index (χ1) is 13.7. The first-order valence-corrected chi connectivity index (χ1v) is 9.50. The maximum Gasteiger partial charge on any atom is 0.261 e. The number of carbonyl (C=O) groups is 1. The van der Waals surface area contributed by atoms with Crippen molar-refractivity contribution in [1.82, 2.24) is 9.97 Å². The molecule has 2 aromatic heterocycles. The predicted molar refractivity (Wildman–Crippen MR) is 111 cm³/mol. The Labute approximate surface area is 163 Å². The molecule has 4 rings (SSSR count). The van der Waals surface area contributed by atoms with Gasteiger partial charge in [-0.15, -0.1) is 0 Å². The van der Waals surface area contributed by atoms with Gasteiger partial charge < -0.3 is 15.2 Å². The molecule has 3 aromatic rings. The van der Waals surface area contributed by atoms with E-state index in [1.165, 1.54) is 19.3 Å².